The van der Waals surface area contributed by atoms with E-state index >= 15 is 0 Å². The highest BCUT2D eigenvalue weighted by Gasteiger charge is 2.34. The molecule has 1 fully saturated rings. The smallest absolute Gasteiger partial charge is 0.257 e. The molecule has 0 spiro atoms. The molecule has 0 aliphatic carbocycles. The van der Waals surface area contributed by atoms with Crippen molar-refractivity contribution in [1.82, 2.24) is 0 Å². The number of amides is 2. The Bertz CT molecular complexity index is 1150. The third-order valence-corrected chi connectivity index (χ3v) is 6.90. The molecule has 0 radical (unpaired) electrons. The van der Waals surface area contributed by atoms with Crippen molar-refractivity contribution in [1.29, 1.82) is 0 Å². The summed E-state index contributed by atoms with van der Waals surface area (Å²) < 4.78 is 0. The van der Waals surface area contributed by atoms with Crippen LogP contribution >= 0.6 is 35.0 Å². The zero-order valence-corrected chi connectivity index (χ0v) is 19.8. The number of carbonyl (C=O) groups is 2. The molecule has 1 aliphatic rings. The first kappa shape index (κ1) is 22.5. The van der Waals surface area contributed by atoms with E-state index in [1.807, 2.05) is 72.4 Å². The lowest BCUT2D eigenvalue weighted by Crippen LogP contribution is -2.27. The highest BCUT2D eigenvalue weighted by atomic mass is 35.5. The highest BCUT2D eigenvalue weighted by molar-refractivity contribution is 8.00. The Kier molecular flexibility index (Phi) is 6.65. The summed E-state index contributed by atoms with van der Waals surface area (Å²) in [5, 5.41) is 3.49. The minimum atomic E-state index is -0.313. The third kappa shape index (κ3) is 4.72. The third-order valence-electron chi connectivity index (χ3n) is 5.14. The van der Waals surface area contributed by atoms with Gasteiger partial charge in [-0.15, -0.1) is 11.8 Å². The monoisotopic (exact) mass is 485 g/mol. The normalized spacial score (nSPS) is 15.7. The van der Waals surface area contributed by atoms with Gasteiger partial charge in [0.15, 0.2) is 0 Å². The van der Waals surface area contributed by atoms with E-state index < -0.39 is 0 Å². The molecule has 1 heterocycles. The van der Waals surface area contributed by atoms with E-state index in [0.29, 0.717) is 27.0 Å². The number of thioether (sulfide) groups is 1. The first-order valence-electron chi connectivity index (χ1n) is 9.91. The number of nitrogens with one attached hydrogen (secondary N) is 1. The second-order valence-electron chi connectivity index (χ2n) is 7.54. The van der Waals surface area contributed by atoms with Crippen LogP contribution in [0.5, 0.6) is 0 Å². The average molecular weight is 486 g/mol. The summed E-state index contributed by atoms with van der Waals surface area (Å²) in [6, 6.07) is 20.2. The Balaban J connectivity index is 1.51. The molecular weight excluding hydrogens is 465 g/mol. The molecule has 5 nitrogen and oxygen atoms in total. The number of carbonyl (C=O) groups excluding carboxylic acids is 2. The van der Waals surface area contributed by atoms with Crippen LogP contribution in [0.4, 0.5) is 17.1 Å². The quantitative estimate of drug-likeness (QED) is 0.474. The van der Waals surface area contributed by atoms with E-state index in [1.165, 1.54) is 6.07 Å². The molecule has 1 aliphatic heterocycles. The number of halogens is 2. The molecule has 0 aromatic heterocycles. The van der Waals surface area contributed by atoms with Crippen LogP contribution in [0.2, 0.25) is 10.0 Å². The van der Waals surface area contributed by atoms with Gasteiger partial charge in [-0.05, 0) is 60.2 Å². The van der Waals surface area contributed by atoms with Gasteiger partial charge in [-0.3, -0.25) is 14.5 Å². The standard InChI is InChI=1S/C24H21Cl2N3O2S/c1-28(2)18-8-10-19(11-9-18)29-22(30)14-32-24(29)15-3-6-17(7-4-15)27-23(31)20-12-5-16(25)13-21(20)26/h3-13,24H,14H2,1-2H3,(H,27,31)/t24-/m1/s1. The summed E-state index contributed by atoms with van der Waals surface area (Å²) >= 11 is 13.6. The van der Waals surface area contributed by atoms with Crippen LogP contribution in [0.3, 0.4) is 0 Å². The van der Waals surface area contributed by atoms with Gasteiger partial charge >= 0.3 is 0 Å². The van der Waals surface area contributed by atoms with Crippen LogP contribution in [-0.2, 0) is 4.79 Å². The fourth-order valence-electron chi connectivity index (χ4n) is 3.46. The molecule has 3 aromatic carbocycles. The van der Waals surface area contributed by atoms with Crippen molar-refractivity contribution < 1.29 is 9.59 Å². The summed E-state index contributed by atoms with van der Waals surface area (Å²) in [5.41, 5.74) is 3.92. The van der Waals surface area contributed by atoms with Crippen LogP contribution in [-0.4, -0.2) is 31.7 Å². The van der Waals surface area contributed by atoms with Crippen molar-refractivity contribution in [3.05, 3.63) is 87.9 Å². The molecule has 1 N–H and O–H groups in total. The molecule has 1 atom stereocenters. The van der Waals surface area contributed by atoms with E-state index in [-0.39, 0.29) is 17.2 Å². The van der Waals surface area contributed by atoms with Crippen molar-refractivity contribution in [3.8, 4) is 0 Å². The van der Waals surface area contributed by atoms with E-state index in [4.69, 9.17) is 23.2 Å². The fourth-order valence-corrected chi connectivity index (χ4v) is 5.14. The van der Waals surface area contributed by atoms with Crippen molar-refractivity contribution in [2.45, 2.75) is 5.37 Å². The molecule has 0 saturated carbocycles. The van der Waals surface area contributed by atoms with Gasteiger partial charge in [0.1, 0.15) is 5.37 Å². The van der Waals surface area contributed by atoms with Gasteiger partial charge in [0.25, 0.3) is 5.91 Å². The Morgan fingerprint density at radius 2 is 1.72 bits per heavy atom. The topological polar surface area (TPSA) is 52.6 Å². The summed E-state index contributed by atoms with van der Waals surface area (Å²) in [6.45, 7) is 0. The predicted molar refractivity (Wildman–Crippen MR) is 134 cm³/mol. The maximum atomic E-state index is 12.6. The SMILES string of the molecule is CN(C)c1ccc(N2C(=O)CS[C@@H]2c2ccc(NC(=O)c3ccc(Cl)cc3Cl)cc2)cc1. The first-order chi connectivity index (χ1) is 15.3. The molecule has 2 amide bonds. The summed E-state index contributed by atoms with van der Waals surface area (Å²) in [4.78, 5) is 29.0. The van der Waals surface area contributed by atoms with Gasteiger partial charge in [-0.2, -0.15) is 0 Å². The van der Waals surface area contributed by atoms with E-state index in [0.717, 1.165) is 16.9 Å². The molecule has 8 heteroatoms. The maximum absolute atomic E-state index is 12.6. The van der Waals surface area contributed by atoms with Gasteiger partial charge < -0.3 is 10.2 Å². The van der Waals surface area contributed by atoms with Crippen molar-refractivity contribution in [2.24, 2.45) is 0 Å². The molecule has 1 saturated heterocycles. The number of nitrogens with zero attached hydrogens (tertiary/aromatic N) is 2. The van der Waals surface area contributed by atoms with Gasteiger partial charge in [0.05, 0.1) is 16.3 Å². The van der Waals surface area contributed by atoms with Crippen LogP contribution < -0.4 is 15.1 Å². The lowest BCUT2D eigenvalue weighted by molar-refractivity contribution is -0.115. The first-order valence-corrected chi connectivity index (χ1v) is 11.7. The Hall–Kier alpha value is -2.67. The number of hydrogen-bond donors (Lipinski definition) is 1. The zero-order valence-electron chi connectivity index (χ0n) is 17.5. The van der Waals surface area contributed by atoms with E-state index in [9.17, 15) is 9.59 Å². The molecular formula is C24H21Cl2N3O2S. The van der Waals surface area contributed by atoms with Crippen LogP contribution in [0.25, 0.3) is 0 Å². The molecule has 0 bridgehead atoms. The fraction of sp³-hybridized carbons (Fsp3) is 0.167. The molecule has 32 heavy (non-hydrogen) atoms. The lowest BCUT2D eigenvalue weighted by atomic mass is 10.1. The molecule has 3 aromatic rings. The van der Waals surface area contributed by atoms with Gasteiger partial charge in [0.2, 0.25) is 5.91 Å². The largest absolute Gasteiger partial charge is 0.378 e. The summed E-state index contributed by atoms with van der Waals surface area (Å²) in [5.74, 6) is 0.188. The maximum Gasteiger partial charge on any atom is 0.257 e. The van der Waals surface area contributed by atoms with Crippen LogP contribution in [0.15, 0.2) is 66.7 Å². The second-order valence-corrected chi connectivity index (χ2v) is 9.45. The number of benzene rings is 3. The van der Waals surface area contributed by atoms with Crippen LogP contribution in [0, 0.1) is 0 Å². The lowest BCUT2D eigenvalue weighted by Gasteiger charge is -2.25. The van der Waals surface area contributed by atoms with Gasteiger partial charge in [-0.25, -0.2) is 0 Å². The minimum Gasteiger partial charge on any atom is -0.378 e. The van der Waals surface area contributed by atoms with Gasteiger partial charge in [0, 0.05) is 36.2 Å². The Morgan fingerprint density at radius 3 is 2.34 bits per heavy atom. The molecule has 164 valence electrons. The Morgan fingerprint density at radius 1 is 1.03 bits per heavy atom. The second kappa shape index (κ2) is 9.45. The van der Waals surface area contributed by atoms with Crippen molar-refractivity contribution in [3.63, 3.8) is 0 Å². The number of rotatable bonds is 5. The number of anilines is 3. The highest BCUT2D eigenvalue weighted by Crippen LogP contribution is 2.42. The summed E-state index contributed by atoms with van der Waals surface area (Å²) in [7, 11) is 3.96. The van der Waals surface area contributed by atoms with E-state index in [2.05, 4.69) is 5.32 Å². The number of hydrogen-bond acceptors (Lipinski definition) is 4. The summed E-state index contributed by atoms with van der Waals surface area (Å²) in [6.07, 6.45) is 0. The van der Waals surface area contributed by atoms with Crippen LogP contribution in [0.1, 0.15) is 21.3 Å². The molecule has 4 rings (SSSR count). The Labute approximate surface area is 201 Å². The zero-order chi connectivity index (χ0) is 22.8. The molecule has 0 unspecified atom stereocenters. The van der Waals surface area contributed by atoms with Gasteiger partial charge in [-0.1, -0.05) is 35.3 Å². The van der Waals surface area contributed by atoms with Crippen molar-refractivity contribution >= 4 is 63.8 Å². The average Bonchev–Trinajstić information content (AvgIpc) is 3.15. The predicted octanol–water partition coefficient (Wildman–Crippen LogP) is 6.09. The van der Waals surface area contributed by atoms with E-state index in [1.54, 1.807) is 23.9 Å². The van der Waals surface area contributed by atoms with Crippen molar-refractivity contribution in [2.75, 3.05) is 35.0 Å². The minimum absolute atomic E-state index is 0.0763.